The van der Waals surface area contributed by atoms with Crippen LogP contribution in [0.25, 0.3) is 76.9 Å². The van der Waals surface area contributed by atoms with Crippen LogP contribution in [0.4, 0.5) is 0 Å². The summed E-state index contributed by atoms with van der Waals surface area (Å²) in [5.41, 5.74) is 9.91. The highest BCUT2D eigenvalue weighted by molar-refractivity contribution is 6.08. The van der Waals surface area contributed by atoms with Crippen molar-refractivity contribution in [1.82, 2.24) is 0 Å². The molecule has 2 heterocycles. The van der Waals surface area contributed by atoms with E-state index in [0.29, 0.717) is 22.3 Å². The van der Waals surface area contributed by atoms with Gasteiger partial charge in [0.05, 0.1) is 11.1 Å². The summed E-state index contributed by atoms with van der Waals surface area (Å²) < 4.78 is 11.9. The second-order valence-corrected chi connectivity index (χ2v) is 14.6. The van der Waals surface area contributed by atoms with Crippen LogP contribution in [0.5, 0.6) is 0 Å². The van der Waals surface area contributed by atoms with Gasteiger partial charge in [-0.25, -0.2) is 9.59 Å². The maximum Gasteiger partial charge on any atom is 0.344 e. The van der Waals surface area contributed by atoms with Gasteiger partial charge in [-0.3, -0.25) is 0 Å². The Morgan fingerprint density at radius 2 is 0.922 bits per heavy atom. The van der Waals surface area contributed by atoms with Gasteiger partial charge < -0.3 is 8.83 Å². The van der Waals surface area contributed by atoms with E-state index in [1.807, 2.05) is 48.5 Å². The van der Waals surface area contributed by atoms with Gasteiger partial charge in [-0.2, -0.15) is 0 Å². The van der Waals surface area contributed by atoms with Gasteiger partial charge in [0.25, 0.3) is 0 Å². The molecule has 0 aliphatic heterocycles. The Kier molecular flexibility index (Phi) is 7.15. The van der Waals surface area contributed by atoms with Crippen molar-refractivity contribution >= 4 is 43.5 Å². The standard InChI is InChI=1S/C47H38O4/c1-5-7-27-9-15-33-29(21-27)13-19-43-39(33)25-35(45(48)50-43)31-11-17-41-37(23-31)38-24-32(12-18-42(38)47(41,3)4)36-26-40-34-16-10-28(8-6-2)22-30(34)14-20-44(40)51-46(36)49/h9-26H,5-8H2,1-4H3. The highest BCUT2D eigenvalue weighted by Gasteiger charge is 2.36. The first-order valence-corrected chi connectivity index (χ1v) is 18.0. The molecular formula is C47H38O4. The monoisotopic (exact) mass is 666 g/mol. The Morgan fingerprint density at radius 3 is 1.35 bits per heavy atom. The van der Waals surface area contributed by atoms with E-state index in [-0.39, 0.29) is 16.7 Å². The quantitative estimate of drug-likeness (QED) is 0.131. The average molecular weight is 667 g/mol. The molecule has 0 radical (unpaired) electrons. The van der Waals surface area contributed by atoms with Gasteiger partial charge in [0.1, 0.15) is 11.2 Å². The molecule has 0 atom stereocenters. The number of hydrogen-bond acceptors (Lipinski definition) is 4. The number of rotatable bonds is 6. The molecule has 0 saturated carbocycles. The van der Waals surface area contributed by atoms with Crippen molar-refractivity contribution in [3.05, 3.63) is 152 Å². The number of benzene rings is 6. The minimum atomic E-state index is -0.363. The minimum Gasteiger partial charge on any atom is -0.422 e. The molecule has 9 rings (SSSR count). The Labute approximate surface area is 296 Å². The fourth-order valence-electron chi connectivity index (χ4n) is 8.35. The first kappa shape index (κ1) is 31.3. The maximum absolute atomic E-state index is 13.5. The lowest BCUT2D eigenvalue weighted by Gasteiger charge is -2.21. The molecule has 0 saturated heterocycles. The number of hydrogen-bond donors (Lipinski definition) is 0. The van der Waals surface area contributed by atoms with E-state index in [9.17, 15) is 9.59 Å². The molecule has 0 bridgehead atoms. The van der Waals surface area contributed by atoms with E-state index in [4.69, 9.17) is 8.83 Å². The first-order valence-electron chi connectivity index (χ1n) is 18.0. The van der Waals surface area contributed by atoms with E-state index in [1.54, 1.807) is 0 Å². The summed E-state index contributed by atoms with van der Waals surface area (Å²) in [5, 5.41) is 6.25. The summed E-state index contributed by atoms with van der Waals surface area (Å²) in [6.45, 7) is 8.83. The van der Waals surface area contributed by atoms with Gasteiger partial charge in [0, 0.05) is 16.2 Å². The summed E-state index contributed by atoms with van der Waals surface area (Å²) in [6, 6.07) is 37.5. The van der Waals surface area contributed by atoms with Crippen molar-refractivity contribution in [2.45, 2.75) is 58.8 Å². The average Bonchev–Trinajstić information content (AvgIpc) is 3.35. The molecule has 6 aromatic carbocycles. The summed E-state index contributed by atoms with van der Waals surface area (Å²) >= 11 is 0. The normalized spacial score (nSPS) is 13.3. The molecule has 0 fully saturated rings. The molecule has 4 nitrogen and oxygen atoms in total. The fraction of sp³-hybridized carbons (Fsp3) is 0.191. The third kappa shape index (κ3) is 4.96. The smallest absolute Gasteiger partial charge is 0.344 e. The van der Waals surface area contributed by atoms with Crippen LogP contribution in [-0.4, -0.2) is 0 Å². The summed E-state index contributed by atoms with van der Waals surface area (Å²) in [6.07, 6.45) is 4.23. The molecule has 0 unspecified atom stereocenters. The molecule has 0 amide bonds. The van der Waals surface area contributed by atoms with E-state index >= 15 is 0 Å². The van der Waals surface area contributed by atoms with Gasteiger partial charge in [-0.15, -0.1) is 0 Å². The zero-order valence-electron chi connectivity index (χ0n) is 29.4. The van der Waals surface area contributed by atoms with Crippen molar-refractivity contribution in [3.8, 4) is 33.4 Å². The number of fused-ring (bicyclic) bond motifs is 9. The second-order valence-electron chi connectivity index (χ2n) is 14.6. The third-order valence-electron chi connectivity index (χ3n) is 11.0. The van der Waals surface area contributed by atoms with Crippen LogP contribution in [0.1, 0.15) is 62.8 Å². The van der Waals surface area contributed by atoms with Gasteiger partial charge in [0.15, 0.2) is 0 Å². The fourth-order valence-corrected chi connectivity index (χ4v) is 8.35. The highest BCUT2D eigenvalue weighted by Crippen LogP contribution is 2.50. The van der Waals surface area contributed by atoms with Crippen LogP contribution in [0, 0.1) is 0 Å². The van der Waals surface area contributed by atoms with E-state index in [1.165, 1.54) is 22.3 Å². The zero-order chi connectivity index (χ0) is 35.0. The number of aryl methyl sites for hydroxylation is 2. The van der Waals surface area contributed by atoms with Crippen molar-refractivity contribution in [3.63, 3.8) is 0 Å². The predicted molar refractivity (Wildman–Crippen MR) is 210 cm³/mol. The SMILES string of the molecule is CCCc1ccc2c(ccc3oc(=O)c(-c4ccc5c(c4)-c4cc(-c6cc7c(ccc8cc(CCC)ccc87)oc6=O)ccc4C5(C)C)cc32)c1. The minimum absolute atomic E-state index is 0.261. The molecule has 51 heavy (non-hydrogen) atoms. The van der Waals surface area contributed by atoms with Crippen molar-refractivity contribution in [2.75, 3.05) is 0 Å². The van der Waals surface area contributed by atoms with Gasteiger partial charge in [0.2, 0.25) is 0 Å². The molecule has 0 spiro atoms. The Hall–Kier alpha value is -5.74. The molecule has 2 aromatic heterocycles. The van der Waals surface area contributed by atoms with Crippen LogP contribution < -0.4 is 11.3 Å². The molecular weight excluding hydrogens is 629 g/mol. The summed E-state index contributed by atoms with van der Waals surface area (Å²) in [7, 11) is 0. The molecule has 4 heteroatoms. The van der Waals surface area contributed by atoms with Gasteiger partial charge in [-0.05, 0) is 115 Å². The van der Waals surface area contributed by atoms with E-state index in [0.717, 1.165) is 80.3 Å². The summed E-state index contributed by atoms with van der Waals surface area (Å²) in [4.78, 5) is 27.0. The lowest BCUT2D eigenvalue weighted by molar-refractivity contribution is 0.563. The third-order valence-corrected chi connectivity index (χ3v) is 11.0. The molecule has 0 N–H and O–H groups in total. The second kappa shape index (κ2) is 11.7. The lowest BCUT2D eigenvalue weighted by Crippen LogP contribution is -2.15. The van der Waals surface area contributed by atoms with Crippen molar-refractivity contribution in [1.29, 1.82) is 0 Å². The van der Waals surface area contributed by atoms with Crippen LogP contribution in [0.3, 0.4) is 0 Å². The predicted octanol–water partition coefficient (Wildman–Crippen LogP) is 11.8. The molecule has 8 aromatic rings. The zero-order valence-corrected chi connectivity index (χ0v) is 29.4. The Morgan fingerprint density at radius 1 is 0.471 bits per heavy atom. The largest absolute Gasteiger partial charge is 0.422 e. The lowest BCUT2D eigenvalue weighted by atomic mass is 9.82. The van der Waals surface area contributed by atoms with E-state index < -0.39 is 0 Å². The van der Waals surface area contributed by atoms with Gasteiger partial charge in [-0.1, -0.05) is 113 Å². The molecule has 1 aliphatic rings. The molecule has 1 aliphatic carbocycles. The Balaban J connectivity index is 1.18. The van der Waals surface area contributed by atoms with Crippen LogP contribution in [0.15, 0.2) is 128 Å². The first-order chi connectivity index (χ1) is 24.7. The summed E-state index contributed by atoms with van der Waals surface area (Å²) in [5.74, 6) is 0. The maximum atomic E-state index is 13.5. The van der Waals surface area contributed by atoms with Crippen molar-refractivity contribution in [2.24, 2.45) is 0 Å². The molecule has 250 valence electrons. The van der Waals surface area contributed by atoms with Crippen LogP contribution in [-0.2, 0) is 18.3 Å². The van der Waals surface area contributed by atoms with Crippen LogP contribution in [0.2, 0.25) is 0 Å². The van der Waals surface area contributed by atoms with Crippen molar-refractivity contribution < 1.29 is 8.83 Å². The highest BCUT2D eigenvalue weighted by atomic mass is 16.4. The van der Waals surface area contributed by atoms with Crippen LogP contribution >= 0.6 is 0 Å². The van der Waals surface area contributed by atoms with E-state index in [2.05, 4.69) is 88.4 Å². The topological polar surface area (TPSA) is 60.4 Å². The Bertz CT molecular complexity index is 2660. The van der Waals surface area contributed by atoms with Gasteiger partial charge >= 0.3 is 11.3 Å².